The van der Waals surface area contributed by atoms with Crippen molar-refractivity contribution in [2.75, 3.05) is 13.7 Å². The van der Waals surface area contributed by atoms with Crippen LogP contribution in [0.4, 0.5) is 0 Å². The molecule has 1 saturated carbocycles. The van der Waals surface area contributed by atoms with Gasteiger partial charge < -0.3 is 10.1 Å². The topological polar surface area (TPSA) is 52.0 Å². The Balaban J connectivity index is 2.12. The molecule has 1 N–H and O–H groups in total. The quantitative estimate of drug-likeness (QED) is 0.838. The van der Waals surface area contributed by atoms with Crippen LogP contribution in [0.3, 0.4) is 0 Å². The number of methoxy groups -OCH3 is 1. The molecule has 21 heavy (non-hydrogen) atoms. The molecule has 1 aliphatic rings. The zero-order chi connectivity index (χ0) is 15.3. The molecule has 0 bridgehead atoms. The Morgan fingerprint density at radius 2 is 2.19 bits per heavy atom. The fourth-order valence-electron chi connectivity index (χ4n) is 3.41. The normalized spacial score (nSPS) is 27.7. The van der Waals surface area contributed by atoms with E-state index in [1.807, 2.05) is 20.4 Å². The van der Waals surface area contributed by atoms with Crippen molar-refractivity contribution >= 4 is 0 Å². The number of rotatable bonds is 7. The van der Waals surface area contributed by atoms with Crippen molar-refractivity contribution in [2.45, 2.75) is 64.0 Å². The highest BCUT2D eigenvalue weighted by molar-refractivity contribution is 5.04. The van der Waals surface area contributed by atoms with E-state index in [4.69, 9.17) is 4.74 Å². The highest BCUT2D eigenvalue weighted by atomic mass is 16.5. The van der Waals surface area contributed by atoms with Gasteiger partial charge in [0, 0.05) is 32.8 Å². The highest BCUT2D eigenvalue weighted by Crippen LogP contribution is 2.37. The summed E-state index contributed by atoms with van der Waals surface area (Å²) in [5.74, 6) is 0.816. The molecule has 2 rings (SSSR count). The standard InChI is InChI=1S/C16H30N4O/c1-5-10-17-15(11-14-12-20(3)19-18-14)16(21-4)8-6-13(2)7-9-16/h12-13,15,17H,5-11H2,1-4H3. The summed E-state index contributed by atoms with van der Waals surface area (Å²) < 4.78 is 7.82. The molecule has 0 amide bonds. The van der Waals surface area contributed by atoms with E-state index in [9.17, 15) is 0 Å². The van der Waals surface area contributed by atoms with Crippen LogP contribution in [0, 0.1) is 5.92 Å². The average molecular weight is 294 g/mol. The summed E-state index contributed by atoms with van der Waals surface area (Å²) in [5, 5.41) is 12.0. The molecule has 0 aliphatic heterocycles. The van der Waals surface area contributed by atoms with Gasteiger partial charge in [-0.25, -0.2) is 0 Å². The van der Waals surface area contributed by atoms with E-state index in [1.165, 1.54) is 12.8 Å². The lowest BCUT2D eigenvalue weighted by Gasteiger charge is -2.44. The number of nitrogens with one attached hydrogen (secondary N) is 1. The lowest BCUT2D eigenvalue weighted by molar-refractivity contribution is -0.0747. The van der Waals surface area contributed by atoms with Gasteiger partial charge in [-0.1, -0.05) is 19.1 Å². The molecule has 0 radical (unpaired) electrons. The van der Waals surface area contributed by atoms with Crippen LogP contribution in [0.1, 0.15) is 51.6 Å². The average Bonchev–Trinajstić information content (AvgIpc) is 2.90. The lowest BCUT2D eigenvalue weighted by Crippen LogP contribution is -2.55. The van der Waals surface area contributed by atoms with Crippen molar-refractivity contribution in [1.82, 2.24) is 20.3 Å². The predicted molar refractivity (Wildman–Crippen MR) is 84.2 cm³/mol. The minimum absolute atomic E-state index is 0.0563. The predicted octanol–water partition coefficient (Wildman–Crippen LogP) is 2.32. The molecule has 1 aromatic rings. The van der Waals surface area contributed by atoms with Gasteiger partial charge >= 0.3 is 0 Å². The third kappa shape index (κ3) is 4.04. The van der Waals surface area contributed by atoms with Gasteiger partial charge in [0.15, 0.2) is 0 Å². The first-order valence-electron chi connectivity index (χ1n) is 8.23. The Kier molecular flexibility index (Phi) is 5.76. The van der Waals surface area contributed by atoms with Gasteiger partial charge in [-0.3, -0.25) is 4.68 Å². The molecular weight excluding hydrogens is 264 g/mol. The maximum atomic E-state index is 6.05. The van der Waals surface area contributed by atoms with Crippen molar-refractivity contribution in [2.24, 2.45) is 13.0 Å². The second-order valence-electron chi connectivity index (χ2n) is 6.55. The minimum Gasteiger partial charge on any atom is -0.377 e. The molecule has 1 atom stereocenters. The van der Waals surface area contributed by atoms with Gasteiger partial charge in [-0.05, 0) is 44.6 Å². The van der Waals surface area contributed by atoms with Gasteiger partial charge in [0.1, 0.15) is 0 Å². The van der Waals surface area contributed by atoms with E-state index in [0.717, 1.165) is 43.8 Å². The van der Waals surface area contributed by atoms with E-state index in [1.54, 1.807) is 4.68 Å². The third-order valence-electron chi connectivity index (χ3n) is 4.87. The number of hydrogen-bond acceptors (Lipinski definition) is 4. The summed E-state index contributed by atoms with van der Waals surface area (Å²) in [6.45, 7) is 5.57. The maximum Gasteiger partial charge on any atom is 0.0843 e. The number of ether oxygens (including phenoxy) is 1. The zero-order valence-corrected chi connectivity index (χ0v) is 13.9. The lowest BCUT2D eigenvalue weighted by atomic mass is 9.74. The monoisotopic (exact) mass is 294 g/mol. The van der Waals surface area contributed by atoms with Gasteiger partial charge in [-0.15, -0.1) is 5.10 Å². The Hall–Kier alpha value is -0.940. The van der Waals surface area contributed by atoms with Gasteiger partial charge in [0.05, 0.1) is 11.3 Å². The summed E-state index contributed by atoms with van der Waals surface area (Å²) in [5.41, 5.74) is 0.986. The van der Waals surface area contributed by atoms with Crippen molar-refractivity contribution < 1.29 is 4.74 Å². The van der Waals surface area contributed by atoms with Crippen molar-refractivity contribution in [3.05, 3.63) is 11.9 Å². The zero-order valence-electron chi connectivity index (χ0n) is 13.9. The first-order valence-corrected chi connectivity index (χ1v) is 8.23. The highest BCUT2D eigenvalue weighted by Gasteiger charge is 2.41. The maximum absolute atomic E-state index is 6.05. The van der Waals surface area contributed by atoms with E-state index in [2.05, 4.69) is 29.5 Å². The van der Waals surface area contributed by atoms with Crippen LogP contribution in [0.15, 0.2) is 6.20 Å². The van der Waals surface area contributed by atoms with Gasteiger partial charge in [0.25, 0.3) is 0 Å². The van der Waals surface area contributed by atoms with Crippen LogP contribution in [-0.2, 0) is 18.2 Å². The molecule has 0 saturated heterocycles. The third-order valence-corrected chi connectivity index (χ3v) is 4.87. The van der Waals surface area contributed by atoms with Gasteiger partial charge in [-0.2, -0.15) is 0 Å². The number of aryl methyl sites for hydroxylation is 1. The molecule has 1 unspecified atom stereocenters. The number of nitrogens with zero attached hydrogens (tertiary/aromatic N) is 3. The second-order valence-corrected chi connectivity index (χ2v) is 6.55. The Morgan fingerprint density at radius 3 is 2.71 bits per heavy atom. The van der Waals surface area contributed by atoms with Crippen LogP contribution in [0.5, 0.6) is 0 Å². The summed E-state index contributed by atoms with van der Waals surface area (Å²) in [4.78, 5) is 0. The van der Waals surface area contributed by atoms with Crippen molar-refractivity contribution in [3.8, 4) is 0 Å². The van der Waals surface area contributed by atoms with E-state index in [0.29, 0.717) is 6.04 Å². The molecule has 1 aromatic heterocycles. The first-order chi connectivity index (χ1) is 10.1. The molecule has 5 nitrogen and oxygen atoms in total. The summed E-state index contributed by atoms with van der Waals surface area (Å²) in [6, 6.07) is 0.312. The Morgan fingerprint density at radius 1 is 1.48 bits per heavy atom. The van der Waals surface area contributed by atoms with Crippen LogP contribution in [0.25, 0.3) is 0 Å². The molecule has 5 heteroatoms. The Bertz CT molecular complexity index is 424. The fraction of sp³-hybridized carbons (Fsp3) is 0.875. The van der Waals surface area contributed by atoms with Crippen molar-refractivity contribution in [3.63, 3.8) is 0 Å². The van der Waals surface area contributed by atoms with Crippen LogP contribution >= 0.6 is 0 Å². The molecule has 0 spiro atoms. The molecule has 1 fully saturated rings. The largest absolute Gasteiger partial charge is 0.377 e. The first kappa shape index (κ1) is 16.4. The van der Waals surface area contributed by atoms with Crippen LogP contribution in [-0.4, -0.2) is 40.3 Å². The molecule has 1 heterocycles. The number of aromatic nitrogens is 3. The van der Waals surface area contributed by atoms with E-state index >= 15 is 0 Å². The molecule has 1 aliphatic carbocycles. The SMILES string of the molecule is CCCNC(Cc1cn(C)nn1)C1(OC)CCC(C)CC1. The molecular formula is C16H30N4O. The Labute approximate surface area is 128 Å². The smallest absolute Gasteiger partial charge is 0.0843 e. The molecule has 0 aromatic carbocycles. The number of hydrogen-bond donors (Lipinski definition) is 1. The van der Waals surface area contributed by atoms with E-state index in [-0.39, 0.29) is 5.60 Å². The molecule has 120 valence electrons. The summed E-state index contributed by atoms with van der Waals surface area (Å²) >= 11 is 0. The van der Waals surface area contributed by atoms with Crippen LogP contribution < -0.4 is 5.32 Å². The second kappa shape index (κ2) is 7.36. The minimum atomic E-state index is -0.0563. The summed E-state index contributed by atoms with van der Waals surface area (Å²) in [6.07, 6.45) is 8.79. The van der Waals surface area contributed by atoms with Gasteiger partial charge in [0.2, 0.25) is 0 Å². The summed E-state index contributed by atoms with van der Waals surface area (Å²) in [7, 11) is 3.78. The van der Waals surface area contributed by atoms with Crippen molar-refractivity contribution in [1.29, 1.82) is 0 Å². The van der Waals surface area contributed by atoms with E-state index < -0.39 is 0 Å². The van der Waals surface area contributed by atoms with Crippen LogP contribution in [0.2, 0.25) is 0 Å². The fourth-order valence-corrected chi connectivity index (χ4v) is 3.41.